The van der Waals surface area contributed by atoms with Crippen molar-refractivity contribution in [2.75, 3.05) is 25.5 Å². The van der Waals surface area contributed by atoms with Gasteiger partial charge in [0.15, 0.2) is 0 Å². The third kappa shape index (κ3) is 9.05. The van der Waals surface area contributed by atoms with Crippen molar-refractivity contribution in [2.45, 2.75) is 24.8 Å². The summed E-state index contributed by atoms with van der Waals surface area (Å²) in [6.45, 7) is 7.48. The molecule has 0 aliphatic carbocycles. The number of esters is 1. The van der Waals surface area contributed by atoms with E-state index in [1.165, 1.54) is 0 Å². The fraction of sp³-hybridized carbons (Fsp3) is 0.304. The Labute approximate surface area is 181 Å². The number of hydrogen-bond donors (Lipinski definition) is 1. The summed E-state index contributed by atoms with van der Waals surface area (Å²) < 4.78 is 16.3. The first kappa shape index (κ1) is 23.3. The number of benzene rings is 2. The van der Waals surface area contributed by atoms with Crippen LogP contribution < -0.4 is 10.1 Å². The molecule has 0 aliphatic rings. The van der Waals surface area contributed by atoms with E-state index >= 15 is 0 Å². The maximum Gasteiger partial charge on any atom is 0.407 e. The van der Waals surface area contributed by atoms with Crippen molar-refractivity contribution in [2.24, 2.45) is 0 Å². The molecule has 0 spiro atoms. The zero-order valence-electron chi connectivity index (χ0n) is 17.3. The quantitative estimate of drug-likeness (QED) is 0.247. The van der Waals surface area contributed by atoms with Gasteiger partial charge >= 0.3 is 12.1 Å². The van der Waals surface area contributed by atoms with Gasteiger partial charge in [-0.2, -0.15) is 0 Å². The van der Waals surface area contributed by atoms with Crippen LogP contribution in [0, 0.1) is 6.92 Å². The highest BCUT2D eigenvalue weighted by Crippen LogP contribution is 2.20. The number of nitrogens with one attached hydrogen (secondary N) is 1. The fourth-order valence-electron chi connectivity index (χ4n) is 2.26. The van der Waals surface area contributed by atoms with Gasteiger partial charge in [0.25, 0.3) is 0 Å². The molecule has 0 saturated carbocycles. The average molecular weight is 430 g/mol. The van der Waals surface area contributed by atoms with Gasteiger partial charge in [-0.05, 0) is 38.1 Å². The summed E-state index contributed by atoms with van der Waals surface area (Å²) in [5, 5.41) is 2.58. The summed E-state index contributed by atoms with van der Waals surface area (Å²) in [4.78, 5) is 24.6. The smallest absolute Gasteiger partial charge is 0.407 e. The molecule has 0 aliphatic heterocycles. The van der Waals surface area contributed by atoms with E-state index < -0.39 is 18.2 Å². The first-order chi connectivity index (χ1) is 14.4. The van der Waals surface area contributed by atoms with Crippen molar-refractivity contribution in [3.8, 4) is 5.75 Å². The predicted octanol–water partition coefficient (Wildman–Crippen LogP) is 4.38. The Balaban J connectivity index is 1.84. The lowest BCUT2D eigenvalue weighted by molar-refractivity contribution is -0.138. The number of thioether (sulfide) groups is 1. The lowest BCUT2D eigenvalue weighted by Crippen LogP contribution is -2.35. The molecule has 1 N–H and O–H groups in total. The number of carbonyl (C=O) groups excluding carboxylic acids is 2. The molecule has 0 radical (unpaired) electrons. The minimum atomic E-state index is -0.590. The van der Waals surface area contributed by atoms with Gasteiger partial charge in [0.2, 0.25) is 0 Å². The molecule has 0 heterocycles. The molecule has 0 fully saturated rings. The first-order valence-electron chi connectivity index (χ1n) is 9.58. The van der Waals surface area contributed by atoms with Gasteiger partial charge < -0.3 is 19.5 Å². The predicted molar refractivity (Wildman–Crippen MR) is 118 cm³/mol. The van der Waals surface area contributed by atoms with E-state index in [1.54, 1.807) is 18.7 Å². The van der Waals surface area contributed by atoms with E-state index in [0.717, 1.165) is 10.5 Å². The van der Waals surface area contributed by atoms with Gasteiger partial charge in [0.05, 0.1) is 6.54 Å². The normalized spacial score (nSPS) is 11.3. The van der Waals surface area contributed by atoms with Crippen LogP contribution in [0.4, 0.5) is 4.79 Å². The van der Waals surface area contributed by atoms with Gasteiger partial charge in [-0.15, -0.1) is 11.8 Å². The number of carbonyl (C=O) groups is 2. The van der Waals surface area contributed by atoms with Crippen LogP contribution in [0.15, 0.2) is 71.6 Å². The number of aryl methyl sites for hydroxylation is 1. The molecule has 7 heteroatoms. The second-order valence-corrected chi connectivity index (χ2v) is 7.71. The van der Waals surface area contributed by atoms with Crippen LogP contribution in [-0.2, 0) is 14.3 Å². The lowest BCUT2D eigenvalue weighted by Gasteiger charge is -2.19. The van der Waals surface area contributed by atoms with Crippen molar-refractivity contribution >= 4 is 23.8 Å². The number of alkyl carbamates (subject to hydrolysis) is 1. The number of rotatable bonds is 11. The van der Waals surface area contributed by atoms with Crippen LogP contribution >= 0.6 is 11.8 Å². The SMILES string of the molecule is C=C(C)C(=O)OCCNC(=O)OC(COc1ccc(C)cc1)CSc1ccccc1. The highest BCUT2D eigenvalue weighted by Gasteiger charge is 2.16. The third-order valence-electron chi connectivity index (χ3n) is 3.86. The molecule has 30 heavy (non-hydrogen) atoms. The minimum absolute atomic E-state index is 0.0457. The summed E-state index contributed by atoms with van der Waals surface area (Å²) in [7, 11) is 0. The summed E-state index contributed by atoms with van der Waals surface area (Å²) in [6.07, 6.45) is -1.05. The Morgan fingerprint density at radius 3 is 2.47 bits per heavy atom. The topological polar surface area (TPSA) is 73.9 Å². The Morgan fingerprint density at radius 2 is 1.80 bits per heavy atom. The summed E-state index contributed by atoms with van der Waals surface area (Å²) in [5.41, 5.74) is 1.45. The van der Waals surface area contributed by atoms with E-state index in [1.807, 2.05) is 61.5 Å². The summed E-state index contributed by atoms with van der Waals surface area (Å²) >= 11 is 1.58. The van der Waals surface area contributed by atoms with Crippen LogP contribution in [-0.4, -0.2) is 43.7 Å². The second kappa shape index (κ2) is 12.6. The lowest BCUT2D eigenvalue weighted by atomic mass is 10.2. The summed E-state index contributed by atoms with van der Waals surface area (Å²) in [6, 6.07) is 17.6. The molecule has 2 rings (SSSR count). The van der Waals surface area contributed by atoms with Gasteiger partial charge in [-0.1, -0.05) is 42.5 Å². The Morgan fingerprint density at radius 1 is 1.10 bits per heavy atom. The van der Waals surface area contributed by atoms with Crippen molar-refractivity contribution in [1.82, 2.24) is 5.32 Å². The van der Waals surface area contributed by atoms with E-state index in [0.29, 0.717) is 17.1 Å². The van der Waals surface area contributed by atoms with Crippen LogP contribution in [0.5, 0.6) is 5.75 Å². The van der Waals surface area contributed by atoms with Crippen molar-refractivity contribution in [3.05, 3.63) is 72.3 Å². The van der Waals surface area contributed by atoms with E-state index in [9.17, 15) is 9.59 Å². The van der Waals surface area contributed by atoms with Crippen LogP contribution in [0.25, 0.3) is 0 Å². The highest BCUT2D eigenvalue weighted by molar-refractivity contribution is 7.99. The van der Waals surface area contributed by atoms with Crippen LogP contribution in [0.2, 0.25) is 0 Å². The van der Waals surface area contributed by atoms with Gasteiger partial charge in [-0.3, -0.25) is 0 Å². The van der Waals surface area contributed by atoms with E-state index in [-0.39, 0.29) is 19.8 Å². The molecular formula is C23H27NO5S. The zero-order valence-corrected chi connectivity index (χ0v) is 18.1. The molecule has 0 bridgehead atoms. The highest BCUT2D eigenvalue weighted by atomic mass is 32.2. The molecule has 1 amide bonds. The molecular weight excluding hydrogens is 402 g/mol. The zero-order chi connectivity index (χ0) is 21.8. The largest absolute Gasteiger partial charge is 0.490 e. The molecule has 0 aromatic heterocycles. The first-order valence-corrected chi connectivity index (χ1v) is 10.6. The maximum absolute atomic E-state index is 12.1. The summed E-state index contributed by atoms with van der Waals surface area (Å²) in [5.74, 6) is 0.758. The number of ether oxygens (including phenoxy) is 3. The molecule has 2 aromatic carbocycles. The monoisotopic (exact) mass is 429 g/mol. The van der Waals surface area contributed by atoms with Crippen molar-refractivity contribution in [1.29, 1.82) is 0 Å². The van der Waals surface area contributed by atoms with Crippen molar-refractivity contribution in [3.63, 3.8) is 0 Å². The van der Waals surface area contributed by atoms with E-state index in [2.05, 4.69) is 11.9 Å². The molecule has 2 aromatic rings. The Kier molecular flexibility index (Phi) is 9.80. The minimum Gasteiger partial charge on any atom is -0.490 e. The average Bonchev–Trinajstić information content (AvgIpc) is 2.74. The fourth-order valence-corrected chi connectivity index (χ4v) is 3.15. The van der Waals surface area contributed by atoms with Gasteiger partial charge in [0.1, 0.15) is 25.1 Å². The van der Waals surface area contributed by atoms with Crippen LogP contribution in [0.1, 0.15) is 12.5 Å². The molecule has 1 atom stereocenters. The molecule has 0 saturated heterocycles. The van der Waals surface area contributed by atoms with Gasteiger partial charge in [0, 0.05) is 16.2 Å². The second-order valence-electron chi connectivity index (χ2n) is 6.62. The number of amides is 1. The molecule has 6 nitrogen and oxygen atoms in total. The Bertz CT molecular complexity index is 823. The van der Waals surface area contributed by atoms with Gasteiger partial charge in [-0.25, -0.2) is 9.59 Å². The van der Waals surface area contributed by atoms with Crippen LogP contribution in [0.3, 0.4) is 0 Å². The molecule has 1 unspecified atom stereocenters. The van der Waals surface area contributed by atoms with Crippen molar-refractivity contribution < 1.29 is 23.8 Å². The Hall–Kier alpha value is -2.93. The third-order valence-corrected chi connectivity index (χ3v) is 5.01. The standard InChI is InChI=1S/C23H27NO5S/c1-17(2)22(25)27-14-13-24-23(26)29-20(16-30-21-7-5-4-6-8-21)15-28-19-11-9-18(3)10-12-19/h4-12,20H,1,13-16H2,2-3H3,(H,24,26). The number of hydrogen-bond acceptors (Lipinski definition) is 6. The maximum atomic E-state index is 12.1. The van der Waals surface area contributed by atoms with E-state index in [4.69, 9.17) is 14.2 Å². The molecule has 160 valence electrons.